The van der Waals surface area contributed by atoms with E-state index in [1.54, 1.807) is 22.7 Å². The third kappa shape index (κ3) is 3.33. The molecule has 0 radical (unpaired) electrons. The second-order valence-electron chi connectivity index (χ2n) is 5.37. The van der Waals surface area contributed by atoms with Gasteiger partial charge in [0, 0.05) is 20.9 Å². The van der Waals surface area contributed by atoms with Gasteiger partial charge in [0.15, 0.2) is 0 Å². The lowest BCUT2D eigenvalue weighted by molar-refractivity contribution is 1.62. The third-order valence-corrected chi connectivity index (χ3v) is 5.51. The first-order chi connectivity index (χ1) is 11.9. The van der Waals surface area contributed by atoms with Crippen LogP contribution in [-0.2, 0) is 0 Å². The highest BCUT2D eigenvalue weighted by Gasteiger charge is 2.06. The average Bonchev–Trinajstić information content (AvgIpc) is 3.34. The predicted octanol–water partition coefficient (Wildman–Crippen LogP) is 6.54. The standard InChI is InChI=1S/C22H14S2/c1-2-6-17(7-3-1)10-11-18-14-19(21-8-4-12-23-21)16-20(15-18)22-9-5-13-24-22/h1-9,12-16H. The Labute approximate surface area is 150 Å². The fourth-order valence-electron chi connectivity index (χ4n) is 2.54. The summed E-state index contributed by atoms with van der Waals surface area (Å²) in [6.45, 7) is 0. The van der Waals surface area contributed by atoms with Crippen LogP contribution < -0.4 is 0 Å². The summed E-state index contributed by atoms with van der Waals surface area (Å²) >= 11 is 3.52. The van der Waals surface area contributed by atoms with E-state index in [0.29, 0.717) is 0 Å². The SMILES string of the molecule is C(#Cc1cc(-c2cccs2)cc(-c2cccs2)c1)c1ccccc1. The molecule has 2 aromatic carbocycles. The first kappa shape index (κ1) is 15.0. The van der Waals surface area contributed by atoms with Crippen molar-refractivity contribution in [1.29, 1.82) is 0 Å². The van der Waals surface area contributed by atoms with Crippen molar-refractivity contribution >= 4 is 22.7 Å². The van der Waals surface area contributed by atoms with Crippen molar-refractivity contribution in [3.63, 3.8) is 0 Å². The van der Waals surface area contributed by atoms with Crippen LogP contribution in [0.5, 0.6) is 0 Å². The molecule has 2 aromatic heterocycles. The minimum Gasteiger partial charge on any atom is -0.144 e. The summed E-state index contributed by atoms with van der Waals surface area (Å²) in [6, 6.07) is 25.2. The molecule has 0 nitrogen and oxygen atoms in total. The molecule has 0 fully saturated rings. The minimum atomic E-state index is 1.04. The van der Waals surface area contributed by atoms with Crippen molar-refractivity contribution in [3.8, 4) is 32.7 Å². The molecule has 2 heterocycles. The molecule has 0 amide bonds. The average molecular weight is 342 g/mol. The number of benzene rings is 2. The molecule has 2 heteroatoms. The van der Waals surface area contributed by atoms with Gasteiger partial charge in [-0.25, -0.2) is 0 Å². The van der Waals surface area contributed by atoms with Crippen LogP contribution in [0.25, 0.3) is 20.9 Å². The van der Waals surface area contributed by atoms with Gasteiger partial charge < -0.3 is 0 Å². The molecule has 0 aliphatic rings. The highest BCUT2D eigenvalue weighted by molar-refractivity contribution is 7.14. The van der Waals surface area contributed by atoms with Gasteiger partial charge in [0.2, 0.25) is 0 Å². The van der Waals surface area contributed by atoms with Crippen LogP contribution in [0.2, 0.25) is 0 Å². The lowest BCUT2D eigenvalue weighted by Crippen LogP contribution is -1.82. The van der Waals surface area contributed by atoms with E-state index in [4.69, 9.17) is 0 Å². The molecule has 4 rings (SSSR count). The van der Waals surface area contributed by atoms with E-state index in [2.05, 4.69) is 65.1 Å². The van der Waals surface area contributed by atoms with Crippen LogP contribution in [0.4, 0.5) is 0 Å². The highest BCUT2D eigenvalue weighted by Crippen LogP contribution is 2.32. The number of rotatable bonds is 2. The Morgan fingerprint density at radius 3 is 1.67 bits per heavy atom. The maximum absolute atomic E-state index is 3.32. The molecule has 0 saturated heterocycles. The lowest BCUT2D eigenvalue weighted by Gasteiger charge is -2.04. The van der Waals surface area contributed by atoms with E-state index in [0.717, 1.165) is 11.1 Å². The summed E-state index contributed by atoms with van der Waals surface area (Å²) in [7, 11) is 0. The van der Waals surface area contributed by atoms with Gasteiger partial charge in [-0.15, -0.1) is 22.7 Å². The van der Waals surface area contributed by atoms with Crippen molar-refractivity contribution in [2.75, 3.05) is 0 Å². The first-order valence-electron chi connectivity index (χ1n) is 7.68. The molecule has 0 aliphatic heterocycles. The molecular formula is C22H14S2. The van der Waals surface area contributed by atoms with Crippen LogP contribution in [-0.4, -0.2) is 0 Å². The molecule has 0 N–H and O–H groups in total. The summed E-state index contributed by atoms with van der Waals surface area (Å²) in [5.41, 5.74) is 4.55. The van der Waals surface area contributed by atoms with Crippen molar-refractivity contribution in [2.45, 2.75) is 0 Å². The van der Waals surface area contributed by atoms with E-state index in [-0.39, 0.29) is 0 Å². The van der Waals surface area contributed by atoms with Gasteiger partial charge in [0.25, 0.3) is 0 Å². The summed E-state index contributed by atoms with van der Waals surface area (Å²) < 4.78 is 0. The van der Waals surface area contributed by atoms with Gasteiger partial charge in [-0.05, 0) is 64.4 Å². The molecule has 24 heavy (non-hydrogen) atoms. The maximum Gasteiger partial charge on any atom is 0.0343 e. The third-order valence-electron chi connectivity index (χ3n) is 3.67. The Morgan fingerprint density at radius 1 is 0.542 bits per heavy atom. The maximum atomic E-state index is 3.32. The van der Waals surface area contributed by atoms with E-state index in [9.17, 15) is 0 Å². The summed E-state index contributed by atoms with van der Waals surface area (Å²) in [6.07, 6.45) is 0. The first-order valence-corrected chi connectivity index (χ1v) is 9.44. The van der Waals surface area contributed by atoms with Gasteiger partial charge in [0.05, 0.1) is 0 Å². The van der Waals surface area contributed by atoms with E-state index in [1.165, 1.54) is 20.9 Å². The fraction of sp³-hybridized carbons (Fsp3) is 0. The lowest BCUT2D eigenvalue weighted by atomic mass is 10.0. The summed E-state index contributed by atoms with van der Waals surface area (Å²) in [5.74, 6) is 6.59. The Kier molecular flexibility index (Phi) is 4.29. The molecule has 0 saturated carbocycles. The largest absolute Gasteiger partial charge is 0.144 e. The molecule has 114 valence electrons. The number of hydrogen-bond donors (Lipinski definition) is 0. The molecule has 0 spiro atoms. The van der Waals surface area contributed by atoms with Gasteiger partial charge in [-0.3, -0.25) is 0 Å². The fourth-order valence-corrected chi connectivity index (χ4v) is 3.97. The van der Waals surface area contributed by atoms with Crippen LogP contribution in [0.15, 0.2) is 83.6 Å². The van der Waals surface area contributed by atoms with Crippen molar-refractivity contribution in [2.24, 2.45) is 0 Å². The number of hydrogen-bond acceptors (Lipinski definition) is 2. The van der Waals surface area contributed by atoms with Crippen molar-refractivity contribution in [1.82, 2.24) is 0 Å². The van der Waals surface area contributed by atoms with E-state index in [1.807, 2.05) is 30.3 Å². The zero-order chi connectivity index (χ0) is 16.2. The zero-order valence-corrected chi connectivity index (χ0v) is 14.5. The Hall–Kier alpha value is -2.60. The molecule has 0 aliphatic carbocycles. The van der Waals surface area contributed by atoms with Crippen LogP contribution in [0.1, 0.15) is 11.1 Å². The van der Waals surface area contributed by atoms with Gasteiger partial charge in [-0.1, -0.05) is 42.2 Å². The molecular weight excluding hydrogens is 328 g/mol. The smallest absolute Gasteiger partial charge is 0.0343 e. The van der Waals surface area contributed by atoms with Crippen LogP contribution in [0.3, 0.4) is 0 Å². The Balaban J connectivity index is 1.80. The topological polar surface area (TPSA) is 0 Å². The molecule has 4 aromatic rings. The summed E-state index contributed by atoms with van der Waals surface area (Å²) in [5, 5.41) is 4.23. The van der Waals surface area contributed by atoms with Gasteiger partial charge >= 0.3 is 0 Å². The highest BCUT2D eigenvalue weighted by atomic mass is 32.1. The Morgan fingerprint density at radius 2 is 1.12 bits per heavy atom. The summed E-state index contributed by atoms with van der Waals surface area (Å²) in [4.78, 5) is 2.55. The quantitative estimate of drug-likeness (QED) is 0.363. The second-order valence-corrected chi connectivity index (χ2v) is 7.27. The van der Waals surface area contributed by atoms with Gasteiger partial charge in [-0.2, -0.15) is 0 Å². The minimum absolute atomic E-state index is 1.04. The van der Waals surface area contributed by atoms with Crippen molar-refractivity contribution in [3.05, 3.63) is 94.7 Å². The zero-order valence-electron chi connectivity index (χ0n) is 12.9. The van der Waals surface area contributed by atoms with E-state index < -0.39 is 0 Å². The molecule has 0 bridgehead atoms. The normalized spacial score (nSPS) is 10.2. The van der Waals surface area contributed by atoms with Crippen LogP contribution in [0, 0.1) is 11.8 Å². The van der Waals surface area contributed by atoms with Crippen molar-refractivity contribution < 1.29 is 0 Å². The van der Waals surface area contributed by atoms with Crippen LogP contribution >= 0.6 is 22.7 Å². The number of thiophene rings is 2. The molecule has 0 unspecified atom stereocenters. The monoisotopic (exact) mass is 342 g/mol. The second kappa shape index (κ2) is 6.88. The van der Waals surface area contributed by atoms with Gasteiger partial charge in [0.1, 0.15) is 0 Å². The molecule has 0 atom stereocenters. The van der Waals surface area contributed by atoms with E-state index >= 15 is 0 Å². The predicted molar refractivity (Wildman–Crippen MR) is 105 cm³/mol. The Bertz CT molecular complexity index is 931.